The number of rotatable bonds is 9. The van der Waals surface area contributed by atoms with Gasteiger partial charge in [0.1, 0.15) is 19.6 Å². The van der Waals surface area contributed by atoms with Gasteiger partial charge in [0.15, 0.2) is 0 Å². The van der Waals surface area contributed by atoms with Gasteiger partial charge in [-0.25, -0.2) is 0 Å². The lowest BCUT2D eigenvalue weighted by Gasteiger charge is -2.57. The van der Waals surface area contributed by atoms with Gasteiger partial charge in [-0.2, -0.15) is 0 Å². The Balaban J connectivity index is 1.68. The van der Waals surface area contributed by atoms with Crippen LogP contribution in [0.1, 0.15) is 81.5 Å². The molecule has 0 aliphatic heterocycles. The number of quaternary nitrogens is 1. The summed E-state index contributed by atoms with van der Waals surface area (Å²) in [4.78, 5) is 0. The van der Waals surface area contributed by atoms with Crippen LogP contribution in [0.3, 0.4) is 0 Å². The second kappa shape index (κ2) is 10.1. The van der Waals surface area contributed by atoms with Crippen molar-refractivity contribution in [2.24, 2.45) is 11.3 Å². The van der Waals surface area contributed by atoms with E-state index in [-0.39, 0.29) is 24.0 Å². The first-order chi connectivity index (χ1) is 16.3. The number of aliphatic hydroxyl groups excluding tert-OH is 2. The van der Waals surface area contributed by atoms with Crippen LogP contribution < -0.4 is 0 Å². The molecule has 0 bridgehead atoms. The third kappa shape index (κ3) is 4.85. The Morgan fingerprint density at radius 1 is 0.971 bits per heavy atom. The standard InChI is InChI=1S/C31H46NO2/c1-24(2)26-11-13-28-27(21-26)12-14-29-30(3,15-8-16-31(28,29)4)23-32(17-19-33,18-20-34)22-25-9-6-5-7-10-25/h5-7,9-11,13,21,24,29,33-34H,8,12,14-20,22-23H2,1-4H3/q+1/t29-,30-,31+/m0/s1. The Hall–Kier alpha value is -1.68. The summed E-state index contributed by atoms with van der Waals surface area (Å²) < 4.78 is 0.763. The van der Waals surface area contributed by atoms with Gasteiger partial charge in [-0.3, -0.25) is 0 Å². The van der Waals surface area contributed by atoms with E-state index in [1.165, 1.54) is 43.2 Å². The topological polar surface area (TPSA) is 40.5 Å². The monoisotopic (exact) mass is 464 g/mol. The molecule has 3 atom stereocenters. The first-order valence-electron chi connectivity index (χ1n) is 13.5. The Morgan fingerprint density at radius 3 is 2.32 bits per heavy atom. The summed E-state index contributed by atoms with van der Waals surface area (Å²) in [5.74, 6) is 1.19. The molecule has 186 valence electrons. The molecule has 1 fully saturated rings. The van der Waals surface area contributed by atoms with E-state index in [0.29, 0.717) is 24.9 Å². The molecule has 0 unspecified atom stereocenters. The van der Waals surface area contributed by atoms with Gasteiger partial charge < -0.3 is 14.7 Å². The molecule has 2 N–H and O–H groups in total. The highest BCUT2D eigenvalue weighted by molar-refractivity contribution is 5.42. The predicted octanol–water partition coefficient (Wildman–Crippen LogP) is 5.82. The highest BCUT2D eigenvalue weighted by atomic mass is 16.3. The molecule has 1 saturated carbocycles. The van der Waals surface area contributed by atoms with Crippen molar-refractivity contribution < 1.29 is 14.7 Å². The molecule has 0 aromatic heterocycles. The van der Waals surface area contributed by atoms with E-state index < -0.39 is 0 Å². The van der Waals surface area contributed by atoms with Crippen molar-refractivity contribution in [3.63, 3.8) is 0 Å². The number of hydrogen-bond donors (Lipinski definition) is 2. The molecule has 0 radical (unpaired) electrons. The molecule has 2 aromatic rings. The minimum atomic E-state index is 0.158. The second-order valence-corrected chi connectivity index (χ2v) is 12.1. The van der Waals surface area contributed by atoms with E-state index in [2.05, 4.69) is 76.2 Å². The average Bonchev–Trinajstić information content (AvgIpc) is 2.79. The maximum Gasteiger partial charge on any atom is 0.105 e. The highest BCUT2D eigenvalue weighted by Crippen LogP contribution is 2.58. The Bertz CT molecular complexity index is 949. The van der Waals surface area contributed by atoms with Crippen LogP contribution in [0.4, 0.5) is 0 Å². The van der Waals surface area contributed by atoms with E-state index in [1.54, 1.807) is 11.1 Å². The summed E-state index contributed by atoms with van der Waals surface area (Å²) in [6.07, 6.45) is 6.16. The molecule has 2 aliphatic rings. The van der Waals surface area contributed by atoms with Crippen LogP contribution in [0.25, 0.3) is 0 Å². The van der Waals surface area contributed by atoms with Crippen LogP contribution in [-0.2, 0) is 18.4 Å². The van der Waals surface area contributed by atoms with Crippen LogP contribution in [0.2, 0.25) is 0 Å². The van der Waals surface area contributed by atoms with Gasteiger partial charge in [-0.05, 0) is 59.6 Å². The molecule has 0 spiro atoms. The van der Waals surface area contributed by atoms with Crippen molar-refractivity contribution in [2.45, 2.75) is 77.7 Å². The van der Waals surface area contributed by atoms with E-state index >= 15 is 0 Å². The predicted molar refractivity (Wildman–Crippen MR) is 141 cm³/mol. The maximum absolute atomic E-state index is 10.1. The lowest BCUT2D eigenvalue weighted by molar-refractivity contribution is -0.948. The van der Waals surface area contributed by atoms with Gasteiger partial charge in [0.25, 0.3) is 0 Å². The molecule has 34 heavy (non-hydrogen) atoms. The molecular weight excluding hydrogens is 418 g/mol. The number of hydrogen-bond acceptors (Lipinski definition) is 2. The smallest absolute Gasteiger partial charge is 0.105 e. The summed E-state index contributed by atoms with van der Waals surface area (Å²) in [6.45, 7) is 13.2. The Labute approximate surface area is 207 Å². The average molecular weight is 465 g/mol. The van der Waals surface area contributed by atoms with Crippen LogP contribution in [0.5, 0.6) is 0 Å². The fraction of sp³-hybridized carbons (Fsp3) is 0.613. The third-order valence-corrected chi connectivity index (χ3v) is 9.37. The minimum Gasteiger partial charge on any atom is -0.391 e. The SMILES string of the molecule is CC(C)c1ccc2c(c1)CC[C@H]1[C@](C)(C[N+](CCO)(CCO)Cc3ccccc3)CCC[C@]21C. The van der Waals surface area contributed by atoms with Gasteiger partial charge in [0.05, 0.1) is 19.8 Å². The number of fused-ring (bicyclic) bond motifs is 3. The van der Waals surface area contributed by atoms with Gasteiger partial charge in [-0.15, -0.1) is 0 Å². The third-order valence-electron chi connectivity index (χ3n) is 9.37. The molecule has 4 rings (SSSR count). The highest BCUT2D eigenvalue weighted by Gasteiger charge is 2.54. The van der Waals surface area contributed by atoms with E-state index in [4.69, 9.17) is 0 Å². The summed E-state index contributed by atoms with van der Waals surface area (Å²) in [6, 6.07) is 18.0. The number of nitrogens with zero attached hydrogens (tertiary/aromatic N) is 1. The van der Waals surface area contributed by atoms with Crippen LogP contribution in [-0.4, -0.2) is 47.5 Å². The molecule has 0 heterocycles. The zero-order chi connectivity index (χ0) is 24.4. The summed E-state index contributed by atoms with van der Waals surface area (Å²) in [5.41, 5.74) is 6.30. The second-order valence-electron chi connectivity index (χ2n) is 12.1. The van der Waals surface area contributed by atoms with Crippen molar-refractivity contribution in [3.05, 3.63) is 70.8 Å². The first-order valence-corrected chi connectivity index (χ1v) is 13.5. The zero-order valence-corrected chi connectivity index (χ0v) is 21.9. The molecule has 2 aliphatic carbocycles. The molecule has 0 saturated heterocycles. The minimum absolute atomic E-state index is 0.158. The van der Waals surface area contributed by atoms with Crippen LogP contribution in [0.15, 0.2) is 48.5 Å². The number of aryl methyl sites for hydroxylation is 1. The molecule has 3 nitrogen and oxygen atoms in total. The van der Waals surface area contributed by atoms with Gasteiger partial charge in [0.2, 0.25) is 0 Å². The van der Waals surface area contributed by atoms with Gasteiger partial charge in [-0.1, -0.05) is 82.6 Å². The van der Waals surface area contributed by atoms with Crippen molar-refractivity contribution in [2.75, 3.05) is 32.8 Å². The van der Waals surface area contributed by atoms with Crippen LogP contribution >= 0.6 is 0 Å². The summed E-state index contributed by atoms with van der Waals surface area (Å²) in [7, 11) is 0. The Morgan fingerprint density at radius 2 is 1.68 bits per heavy atom. The van der Waals surface area contributed by atoms with E-state index in [9.17, 15) is 10.2 Å². The largest absolute Gasteiger partial charge is 0.391 e. The Kier molecular flexibility index (Phi) is 7.57. The van der Waals surface area contributed by atoms with Crippen molar-refractivity contribution in [1.29, 1.82) is 0 Å². The maximum atomic E-state index is 10.1. The summed E-state index contributed by atoms with van der Waals surface area (Å²) >= 11 is 0. The number of benzene rings is 2. The van der Waals surface area contributed by atoms with Crippen molar-refractivity contribution >= 4 is 0 Å². The van der Waals surface area contributed by atoms with Crippen molar-refractivity contribution in [1.82, 2.24) is 0 Å². The summed E-state index contributed by atoms with van der Waals surface area (Å²) in [5, 5.41) is 20.2. The zero-order valence-electron chi connectivity index (χ0n) is 21.9. The van der Waals surface area contributed by atoms with E-state index in [1.807, 2.05) is 0 Å². The molecular formula is C31H46NO2+. The quantitative estimate of drug-likeness (QED) is 0.459. The first kappa shape index (κ1) is 25.4. The number of aliphatic hydroxyl groups is 2. The fourth-order valence-corrected chi connectivity index (χ4v) is 7.84. The fourth-order valence-electron chi connectivity index (χ4n) is 7.84. The normalized spacial score (nSPS) is 26.9. The van der Waals surface area contributed by atoms with Gasteiger partial charge in [0, 0.05) is 11.0 Å². The molecule has 0 amide bonds. The van der Waals surface area contributed by atoms with Gasteiger partial charge >= 0.3 is 0 Å². The lowest BCUT2D eigenvalue weighted by Crippen LogP contribution is -2.60. The van der Waals surface area contributed by atoms with Crippen molar-refractivity contribution in [3.8, 4) is 0 Å². The van der Waals surface area contributed by atoms with Crippen LogP contribution in [0, 0.1) is 11.3 Å². The molecule has 3 heteroatoms. The molecule has 2 aromatic carbocycles. The lowest BCUT2D eigenvalue weighted by atomic mass is 9.49. The van der Waals surface area contributed by atoms with E-state index in [0.717, 1.165) is 17.6 Å².